The Labute approximate surface area is 108 Å². The van der Waals surface area contributed by atoms with Crippen molar-refractivity contribution in [3.63, 3.8) is 0 Å². The van der Waals surface area contributed by atoms with Crippen molar-refractivity contribution in [3.05, 3.63) is 0 Å². The molecule has 1 N–H and O–H groups in total. The van der Waals surface area contributed by atoms with E-state index in [9.17, 15) is 4.79 Å². The second-order valence-corrected chi connectivity index (χ2v) is 5.15. The zero-order valence-corrected chi connectivity index (χ0v) is 11.1. The number of carbonyl (C=O) groups excluding carboxylic acids is 1. The first kappa shape index (κ1) is 12.6. The summed E-state index contributed by atoms with van der Waals surface area (Å²) in [4.78, 5) is 13.8. The molecule has 0 unspecified atom stereocenters. The van der Waals surface area contributed by atoms with Crippen LogP contribution in [0.25, 0.3) is 0 Å². The average molecular weight is 256 g/mol. The first-order valence-corrected chi connectivity index (χ1v) is 6.83. The summed E-state index contributed by atoms with van der Waals surface area (Å²) in [5.41, 5.74) is 0. The zero-order chi connectivity index (χ0) is 12.3. The number of nitrogens with one attached hydrogen (secondary N) is 1. The second kappa shape index (κ2) is 5.67. The van der Waals surface area contributed by atoms with Crippen molar-refractivity contribution in [1.29, 1.82) is 0 Å². The molecule has 1 aliphatic carbocycles. The summed E-state index contributed by atoms with van der Waals surface area (Å²) in [5.74, 6) is -0.0888. The van der Waals surface area contributed by atoms with Crippen molar-refractivity contribution in [3.8, 4) is 0 Å². The van der Waals surface area contributed by atoms with Gasteiger partial charge < -0.3 is 15.0 Å². The maximum atomic E-state index is 11.7. The van der Waals surface area contributed by atoms with Crippen LogP contribution in [0.2, 0.25) is 0 Å². The van der Waals surface area contributed by atoms with Gasteiger partial charge in [0.1, 0.15) is 0 Å². The number of nitrogens with zero attached hydrogens (tertiary/aromatic N) is 1. The first-order chi connectivity index (χ1) is 8.20. The maximum absolute atomic E-state index is 11.7. The molecule has 0 aromatic rings. The van der Waals surface area contributed by atoms with Gasteiger partial charge in [-0.2, -0.15) is 0 Å². The van der Waals surface area contributed by atoms with Crippen LogP contribution < -0.4 is 5.32 Å². The number of carbonyl (C=O) groups is 1. The van der Waals surface area contributed by atoms with Crippen LogP contribution in [0.5, 0.6) is 0 Å². The lowest BCUT2D eigenvalue weighted by atomic mass is 9.98. The molecule has 1 heterocycles. The van der Waals surface area contributed by atoms with Gasteiger partial charge in [-0.15, -0.1) is 0 Å². The Bertz CT molecular complexity index is 305. The molecule has 2 fully saturated rings. The summed E-state index contributed by atoms with van der Waals surface area (Å²) in [6, 6.07) is 0.575. The lowest BCUT2D eigenvalue weighted by Crippen LogP contribution is -2.47. The van der Waals surface area contributed by atoms with Crippen molar-refractivity contribution < 1.29 is 9.53 Å². The molecule has 0 bridgehead atoms. The Morgan fingerprint density at radius 2 is 2.24 bits per heavy atom. The van der Waals surface area contributed by atoms with E-state index in [0.29, 0.717) is 19.2 Å². The minimum atomic E-state index is -0.0774. The fourth-order valence-corrected chi connectivity index (χ4v) is 2.44. The monoisotopic (exact) mass is 256 g/mol. The van der Waals surface area contributed by atoms with Crippen molar-refractivity contribution in [1.82, 2.24) is 10.2 Å². The van der Waals surface area contributed by atoms with Gasteiger partial charge in [-0.1, -0.05) is 0 Å². The van der Waals surface area contributed by atoms with Gasteiger partial charge in [0.05, 0.1) is 12.5 Å². The van der Waals surface area contributed by atoms with Gasteiger partial charge in [-0.3, -0.25) is 4.79 Å². The fraction of sp³-hybridized carbons (Fsp3) is 0.833. The summed E-state index contributed by atoms with van der Waals surface area (Å²) >= 11 is 5.36. The molecule has 2 aliphatic rings. The third kappa shape index (κ3) is 3.56. The van der Waals surface area contributed by atoms with E-state index in [4.69, 9.17) is 17.0 Å². The number of piperidine rings is 1. The predicted octanol–water partition coefficient (Wildman–Crippen LogP) is 1.30. The molecule has 0 spiro atoms. The second-order valence-electron chi connectivity index (χ2n) is 4.76. The topological polar surface area (TPSA) is 41.6 Å². The molecule has 4 nitrogen and oxygen atoms in total. The van der Waals surface area contributed by atoms with Crippen LogP contribution in [0.15, 0.2) is 0 Å². The van der Waals surface area contributed by atoms with Crippen molar-refractivity contribution in [2.75, 3.05) is 19.7 Å². The van der Waals surface area contributed by atoms with Crippen LogP contribution in [-0.2, 0) is 9.53 Å². The van der Waals surface area contributed by atoms with Gasteiger partial charge >= 0.3 is 5.97 Å². The van der Waals surface area contributed by atoms with E-state index in [0.717, 1.165) is 24.5 Å². The van der Waals surface area contributed by atoms with Gasteiger partial charge in [0.2, 0.25) is 0 Å². The molecule has 17 heavy (non-hydrogen) atoms. The highest BCUT2D eigenvalue weighted by atomic mass is 32.1. The quantitative estimate of drug-likeness (QED) is 0.609. The molecular formula is C12H20N2O2S. The summed E-state index contributed by atoms with van der Waals surface area (Å²) < 4.78 is 5.07. The van der Waals surface area contributed by atoms with Gasteiger partial charge in [0, 0.05) is 19.1 Å². The van der Waals surface area contributed by atoms with Crippen molar-refractivity contribution >= 4 is 23.3 Å². The van der Waals surface area contributed by atoms with Gasteiger partial charge in [0.15, 0.2) is 5.11 Å². The number of hydrogen-bond donors (Lipinski definition) is 1. The van der Waals surface area contributed by atoms with Crippen LogP contribution in [0.3, 0.4) is 0 Å². The van der Waals surface area contributed by atoms with Crippen LogP contribution in [0, 0.1) is 5.92 Å². The van der Waals surface area contributed by atoms with Crippen LogP contribution in [0.1, 0.15) is 32.6 Å². The molecule has 0 aromatic heterocycles. The number of likely N-dealkylation sites (tertiary alicyclic amines) is 1. The first-order valence-electron chi connectivity index (χ1n) is 6.42. The molecule has 1 saturated carbocycles. The molecule has 1 aliphatic heterocycles. The van der Waals surface area contributed by atoms with E-state index in [1.54, 1.807) is 0 Å². The van der Waals surface area contributed by atoms with Crippen molar-refractivity contribution in [2.45, 2.75) is 38.6 Å². The lowest BCUT2D eigenvalue weighted by Gasteiger charge is -2.33. The molecule has 1 atom stereocenters. The number of thiocarbonyl (C=S) groups is 1. The standard InChI is InChI=1S/C12H20N2O2S/c1-2-16-11(15)9-4-3-7-14(8-9)12(17)13-10-5-6-10/h9-10H,2-8H2,1H3,(H,13,17)/t9-/m1/s1. The SMILES string of the molecule is CCOC(=O)[C@@H]1CCCN(C(=S)NC2CC2)C1. The van der Waals surface area contributed by atoms with Gasteiger partial charge in [-0.05, 0) is 44.8 Å². The Hall–Kier alpha value is -0.840. The number of ether oxygens (including phenoxy) is 1. The third-order valence-corrected chi connectivity index (χ3v) is 3.61. The molecule has 0 amide bonds. The number of rotatable bonds is 3. The van der Waals surface area contributed by atoms with E-state index in [1.807, 2.05) is 6.92 Å². The minimum Gasteiger partial charge on any atom is -0.466 e. The maximum Gasteiger partial charge on any atom is 0.310 e. The molecule has 0 radical (unpaired) electrons. The summed E-state index contributed by atoms with van der Waals surface area (Å²) in [5, 5.41) is 4.13. The summed E-state index contributed by atoms with van der Waals surface area (Å²) in [7, 11) is 0. The third-order valence-electron chi connectivity index (χ3n) is 3.23. The molecule has 1 saturated heterocycles. The summed E-state index contributed by atoms with van der Waals surface area (Å²) in [6.07, 6.45) is 4.36. The smallest absolute Gasteiger partial charge is 0.310 e. The Balaban J connectivity index is 1.82. The molecule has 2 rings (SSSR count). The largest absolute Gasteiger partial charge is 0.466 e. The highest BCUT2D eigenvalue weighted by molar-refractivity contribution is 7.80. The van der Waals surface area contributed by atoms with E-state index in [2.05, 4.69) is 10.2 Å². The van der Waals surface area contributed by atoms with E-state index in [1.165, 1.54) is 12.8 Å². The van der Waals surface area contributed by atoms with Gasteiger partial charge in [-0.25, -0.2) is 0 Å². The molecular weight excluding hydrogens is 236 g/mol. The average Bonchev–Trinajstić information content (AvgIpc) is 3.13. The van der Waals surface area contributed by atoms with Crippen molar-refractivity contribution in [2.24, 2.45) is 5.92 Å². The minimum absolute atomic E-state index is 0.0114. The zero-order valence-electron chi connectivity index (χ0n) is 10.3. The Kier molecular flexibility index (Phi) is 4.20. The van der Waals surface area contributed by atoms with E-state index >= 15 is 0 Å². The molecule has 5 heteroatoms. The highest BCUT2D eigenvalue weighted by Crippen LogP contribution is 2.21. The Morgan fingerprint density at radius 1 is 1.47 bits per heavy atom. The van der Waals surface area contributed by atoms with Crippen LogP contribution in [-0.4, -0.2) is 41.7 Å². The normalized spacial score (nSPS) is 24.3. The van der Waals surface area contributed by atoms with E-state index in [-0.39, 0.29) is 11.9 Å². The van der Waals surface area contributed by atoms with Gasteiger partial charge in [0.25, 0.3) is 0 Å². The van der Waals surface area contributed by atoms with Crippen LogP contribution >= 0.6 is 12.2 Å². The number of esters is 1. The number of hydrogen-bond acceptors (Lipinski definition) is 3. The van der Waals surface area contributed by atoms with E-state index < -0.39 is 0 Å². The molecule has 0 aromatic carbocycles. The fourth-order valence-electron chi connectivity index (χ4n) is 2.11. The summed E-state index contributed by atoms with van der Waals surface area (Å²) in [6.45, 7) is 3.96. The predicted molar refractivity (Wildman–Crippen MR) is 69.7 cm³/mol. The lowest BCUT2D eigenvalue weighted by molar-refractivity contribution is -0.149. The van der Waals surface area contributed by atoms with Crippen LogP contribution in [0.4, 0.5) is 0 Å². The molecule has 96 valence electrons. The highest BCUT2D eigenvalue weighted by Gasteiger charge is 2.30. The Morgan fingerprint density at radius 3 is 2.88 bits per heavy atom.